The van der Waals surface area contributed by atoms with Crippen molar-refractivity contribution < 1.29 is 0 Å². The largest absolute Gasteiger partial charge is 0.357 e. The van der Waals surface area contributed by atoms with Crippen LogP contribution in [-0.4, -0.2) is 36.5 Å². The lowest BCUT2D eigenvalue weighted by Gasteiger charge is -2.06. The molecule has 0 saturated heterocycles. The summed E-state index contributed by atoms with van der Waals surface area (Å²) < 4.78 is 1.72. The Labute approximate surface area is 109 Å². The summed E-state index contributed by atoms with van der Waals surface area (Å²) in [5.41, 5.74) is 0.836. The number of aromatic nitrogens is 6. The van der Waals surface area contributed by atoms with E-state index in [1.807, 2.05) is 12.1 Å². The van der Waals surface area contributed by atoms with Crippen LogP contribution >= 0.6 is 0 Å². The van der Waals surface area contributed by atoms with Gasteiger partial charge in [-0.2, -0.15) is 15.0 Å². The zero-order valence-corrected chi connectivity index (χ0v) is 10.2. The average Bonchev–Trinajstić information content (AvgIpc) is 3.02. The molecular weight excluding hydrogens is 242 g/mol. The lowest BCUT2D eigenvalue weighted by Crippen LogP contribution is -2.06. The molecule has 3 aromatic rings. The highest BCUT2D eigenvalue weighted by Gasteiger charge is 2.08. The van der Waals surface area contributed by atoms with Gasteiger partial charge in [-0.1, -0.05) is 0 Å². The summed E-state index contributed by atoms with van der Waals surface area (Å²) in [6.45, 7) is 0. The maximum absolute atomic E-state index is 4.41. The van der Waals surface area contributed by atoms with Gasteiger partial charge in [0.25, 0.3) is 0 Å². The van der Waals surface area contributed by atoms with Crippen LogP contribution < -0.4 is 5.32 Å². The van der Waals surface area contributed by atoms with Crippen molar-refractivity contribution in [1.82, 2.24) is 29.5 Å². The molecule has 1 N–H and O–H groups in total. The summed E-state index contributed by atoms with van der Waals surface area (Å²) >= 11 is 0. The summed E-state index contributed by atoms with van der Waals surface area (Å²) in [6, 6.07) is 3.74. The van der Waals surface area contributed by atoms with E-state index in [4.69, 9.17) is 0 Å². The van der Waals surface area contributed by atoms with Gasteiger partial charge in [-0.15, -0.1) is 0 Å². The quantitative estimate of drug-likeness (QED) is 0.754. The zero-order valence-electron chi connectivity index (χ0n) is 10.2. The predicted octanol–water partition coefficient (Wildman–Crippen LogP) is 1.16. The second kappa shape index (κ2) is 4.81. The highest BCUT2D eigenvalue weighted by Crippen LogP contribution is 2.15. The first kappa shape index (κ1) is 11.3. The van der Waals surface area contributed by atoms with Gasteiger partial charge in [-0.3, -0.25) is 9.55 Å². The van der Waals surface area contributed by atoms with Crippen LogP contribution in [-0.2, 0) is 0 Å². The predicted molar refractivity (Wildman–Crippen MR) is 69.7 cm³/mol. The lowest BCUT2D eigenvalue weighted by molar-refractivity contribution is 0.901. The van der Waals surface area contributed by atoms with Crippen LogP contribution in [0.4, 0.5) is 5.95 Å². The van der Waals surface area contributed by atoms with Gasteiger partial charge >= 0.3 is 0 Å². The summed E-state index contributed by atoms with van der Waals surface area (Å²) in [5, 5.41) is 2.92. The SMILES string of the molecule is CNc1nc(-c2cccnc2)nc(-n2ccnc2)n1. The van der Waals surface area contributed by atoms with E-state index in [-0.39, 0.29) is 0 Å². The molecule has 0 aliphatic heterocycles. The standard InChI is InChI=1S/C12H11N7/c1-13-11-16-10(9-3-2-4-14-7-9)17-12(18-11)19-6-5-15-8-19/h2-8H,1H3,(H,13,16,17,18). The third-order valence-electron chi connectivity index (χ3n) is 2.50. The first-order chi connectivity index (χ1) is 9.36. The van der Waals surface area contributed by atoms with Gasteiger partial charge in [0.1, 0.15) is 6.33 Å². The van der Waals surface area contributed by atoms with E-state index in [0.717, 1.165) is 5.56 Å². The second-order valence-corrected chi connectivity index (χ2v) is 3.74. The topological polar surface area (TPSA) is 81.4 Å². The number of nitrogens with one attached hydrogen (secondary N) is 1. The molecule has 3 aromatic heterocycles. The highest BCUT2D eigenvalue weighted by atomic mass is 15.2. The Kier molecular flexibility index (Phi) is 2.85. The van der Waals surface area contributed by atoms with E-state index in [9.17, 15) is 0 Å². The Hall–Kier alpha value is -2.83. The lowest BCUT2D eigenvalue weighted by atomic mass is 10.3. The number of hydrogen-bond acceptors (Lipinski definition) is 6. The van der Waals surface area contributed by atoms with Crippen molar-refractivity contribution in [2.45, 2.75) is 0 Å². The third-order valence-corrected chi connectivity index (χ3v) is 2.50. The van der Waals surface area contributed by atoms with E-state index in [1.54, 1.807) is 42.7 Å². The van der Waals surface area contributed by atoms with Crippen molar-refractivity contribution >= 4 is 5.95 Å². The number of anilines is 1. The molecule has 0 radical (unpaired) electrons. The van der Waals surface area contributed by atoms with E-state index in [1.165, 1.54) is 0 Å². The van der Waals surface area contributed by atoms with Gasteiger partial charge in [0.2, 0.25) is 11.9 Å². The molecule has 3 rings (SSSR count). The van der Waals surface area contributed by atoms with E-state index in [2.05, 4.69) is 30.2 Å². The number of nitrogens with zero attached hydrogens (tertiary/aromatic N) is 6. The Bertz CT molecular complexity index is 664. The fourth-order valence-electron chi connectivity index (χ4n) is 1.59. The molecule has 0 spiro atoms. The Morgan fingerprint density at radius 2 is 2.05 bits per heavy atom. The Morgan fingerprint density at radius 1 is 1.11 bits per heavy atom. The molecular formula is C12H11N7. The van der Waals surface area contributed by atoms with Crippen molar-refractivity contribution in [3.8, 4) is 17.3 Å². The van der Waals surface area contributed by atoms with Gasteiger partial charge in [-0.05, 0) is 12.1 Å². The van der Waals surface area contributed by atoms with Crippen LogP contribution in [0.25, 0.3) is 17.3 Å². The fourth-order valence-corrected chi connectivity index (χ4v) is 1.59. The van der Waals surface area contributed by atoms with Gasteiger partial charge < -0.3 is 5.32 Å². The van der Waals surface area contributed by atoms with Gasteiger partial charge in [0.05, 0.1) is 0 Å². The molecule has 19 heavy (non-hydrogen) atoms. The van der Waals surface area contributed by atoms with Crippen molar-refractivity contribution in [2.24, 2.45) is 0 Å². The molecule has 0 bridgehead atoms. The molecule has 94 valence electrons. The normalized spacial score (nSPS) is 10.4. The minimum atomic E-state index is 0.498. The maximum atomic E-state index is 4.41. The van der Waals surface area contributed by atoms with Crippen LogP contribution in [0, 0.1) is 0 Å². The third kappa shape index (κ3) is 2.25. The summed E-state index contributed by atoms with van der Waals surface area (Å²) in [6.07, 6.45) is 8.52. The van der Waals surface area contributed by atoms with Crippen LogP contribution in [0.5, 0.6) is 0 Å². The molecule has 0 unspecified atom stereocenters. The average molecular weight is 253 g/mol. The molecule has 0 saturated carbocycles. The number of pyridine rings is 1. The Morgan fingerprint density at radius 3 is 2.74 bits per heavy atom. The first-order valence-corrected chi connectivity index (χ1v) is 5.69. The summed E-state index contributed by atoms with van der Waals surface area (Å²) in [4.78, 5) is 21.1. The molecule has 0 aliphatic rings. The molecule has 0 amide bonds. The molecule has 0 atom stereocenters. The van der Waals surface area contributed by atoms with E-state index < -0.39 is 0 Å². The van der Waals surface area contributed by atoms with Crippen LogP contribution in [0.3, 0.4) is 0 Å². The van der Waals surface area contributed by atoms with Gasteiger partial charge in [0, 0.05) is 37.4 Å². The van der Waals surface area contributed by atoms with Gasteiger partial charge in [-0.25, -0.2) is 4.98 Å². The van der Waals surface area contributed by atoms with Crippen molar-refractivity contribution in [3.63, 3.8) is 0 Å². The fraction of sp³-hybridized carbons (Fsp3) is 0.0833. The number of rotatable bonds is 3. The maximum Gasteiger partial charge on any atom is 0.240 e. The molecule has 0 aromatic carbocycles. The summed E-state index contributed by atoms with van der Waals surface area (Å²) in [5.74, 6) is 1.57. The molecule has 0 fully saturated rings. The first-order valence-electron chi connectivity index (χ1n) is 5.69. The van der Waals surface area contributed by atoms with Crippen LogP contribution in [0.2, 0.25) is 0 Å². The van der Waals surface area contributed by atoms with E-state index in [0.29, 0.717) is 17.7 Å². The van der Waals surface area contributed by atoms with Crippen molar-refractivity contribution in [2.75, 3.05) is 12.4 Å². The Balaban J connectivity index is 2.13. The van der Waals surface area contributed by atoms with Crippen LogP contribution in [0.15, 0.2) is 43.2 Å². The van der Waals surface area contributed by atoms with E-state index >= 15 is 0 Å². The van der Waals surface area contributed by atoms with Crippen molar-refractivity contribution in [3.05, 3.63) is 43.2 Å². The minimum absolute atomic E-state index is 0.498. The number of hydrogen-bond donors (Lipinski definition) is 1. The summed E-state index contributed by atoms with van der Waals surface area (Å²) in [7, 11) is 1.76. The number of imidazole rings is 1. The molecule has 7 nitrogen and oxygen atoms in total. The van der Waals surface area contributed by atoms with Crippen molar-refractivity contribution in [1.29, 1.82) is 0 Å². The monoisotopic (exact) mass is 253 g/mol. The minimum Gasteiger partial charge on any atom is -0.357 e. The second-order valence-electron chi connectivity index (χ2n) is 3.74. The zero-order chi connectivity index (χ0) is 13.1. The van der Waals surface area contributed by atoms with Crippen LogP contribution in [0.1, 0.15) is 0 Å². The molecule has 7 heteroatoms. The molecule has 3 heterocycles. The highest BCUT2D eigenvalue weighted by molar-refractivity contribution is 5.55. The smallest absolute Gasteiger partial charge is 0.240 e. The molecule has 0 aliphatic carbocycles. The van der Waals surface area contributed by atoms with Gasteiger partial charge in [0.15, 0.2) is 5.82 Å².